The average molecular weight is 373 g/mol. The lowest BCUT2D eigenvalue weighted by molar-refractivity contribution is 0.0341. The van der Waals surface area contributed by atoms with E-state index in [1.165, 1.54) is 36.8 Å². The third kappa shape index (κ3) is 6.51. The van der Waals surface area contributed by atoms with Crippen LogP contribution in [0.25, 0.3) is 0 Å². The predicted molar refractivity (Wildman–Crippen MR) is 112 cm³/mol. The van der Waals surface area contributed by atoms with Gasteiger partial charge in [-0.3, -0.25) is 9.89 Å². The molecule has 1 aromatic rings. The molecule has 5 nitrogen and oxygen atoms in total. The molecule has 0 unspecified atom stereocenters. The Bertz CT molecular complexity index is 590. The molecule has 150 valence electrons. The van der Waals surface area contributed by atoms with Crippen molar-refractivity contribution in [1.82, 2.24) is 15.5 Å². The van der Waals surface area contributed by atoms with Gasteiger partial charge in [-0.25, -0.2) is 0 Å². The first-order valence-corrected chi connectivity index (χ1v) is 10.6. The summed E-state index contributed by atoms with van der Waals surface area (Å²) >= 11 is 0. The minimum Gasteiger partial charge on any atom is -0.379 e. The van der Waals surface area contributed by atoms with Crippen molar-refractivity contribution in [3.8, 4) is 0 Å². The molecule has 1 aliphatic heterocycles. The molecule has 1 saturated heterocycles. The van der Waals surface area contributed by atoms with Gasteiger partial charge in [-0.05, 0) is 35.8 Å². The van der Waals surface area contributed by atoms with Gasteiger partial charge >= 0.3 is 0 Å². The molecule has 0 bridgehead atoms. The summed E-state index contributed by atoms with van der Waals surface area (Å²) in [4.78, 5) is 6.89. The van der Waals surface area contributed by atoms with Crippen molar-refractivity contribution >= 4 is 5.96 Å². The number of hydrogen-bond donors (Lipinski definition) is 2. The summed E-state index contributed by atoms with van der Waals surface area (Å²) in [5.74, 6) is 2.60. The predicted octanol–water partition coefficient (Wildman–Crippen LogP) is 3.01. The van der Waals surface area contributed by atoms with Crippen molar-refractivity contribution in [3.05, 3.63) is 35.4 Å². The molecular weight excluding hydrogens is 336 g/mol. The van der Waals surface area contributed by atoms with Crippen LogP contribution in [-0.2, 0) is 17.8 Å². The molecule has 3 rings (SSSR count). The van der Waals surface area contributed by atoms with Crippen LogP contribution in [0.4, 0.5) is 0 Å². The summed E-state index contributed by atoms with van der Waals surface area (Å²) in [6.45, 7) is 8.93. The van der Waals surface area contributed by atoms with E-state index in [-0.39, 0.29) is 0 Å². The Morgan fingerprint density at radius 1 is 1.07 bits per heavy atom. The monoisotopic (exact) mass is 372 g/mol. The zero-order chi connectivity index (χ0) is 18.9. The molecular formula is C22H36N4O. The minimum absolute atomic E-state index is 0.786. The zero-order valence-corrected chi connectivity index (χ0v) is 17.0. The van der Waals surface area contributed by atoms with Crippen LogP contribution < -0.4 is 10.6 Å². The highest BCUT2D eigenvalue weighted by Crippen LogP contribution is 2.27. The van der Waals surface area contributed by atoms with Crippen molar-refractivity contribution in [2.45, 2.75) is 45.7 Å². The molecule has 1 aromatic carbocycles. The van der Waals surface area contributed by atoms with E-state index >= 15 is 0 Å². The summed E-state index contributed by atoms with van der Waals surface area (Å²) < 4.78 is 5.47. The van der Waals surface area contributed by atoms with Gasteiger partial charge in [-0.2, -0.15) is 0 Å². The number of nitrogens with zero attached hydrogens (tertiary/aromatic N) is 2. The van der Waals surface area contributed by atoms with E-state index in [9.17, 15) is 0 Å². The maximum atomic E-state index is 5.47. The number of rotatable bonds is 6. The standard InChI is InChI=1S/C22H36N4O/c1-18-7-9-19(10-8-18)15-24-22(23-2)25-16-20-5-3-4-6-21(20)17-26-11-13-27-14-12-26/h3-6,18-19H,7-17H2,1-2H3,(H2,23,24,25). The van der Waals surface area contributed by atoms with Crippen LogP contribution in [0, 0.1) is 11.8 Å². The largest absolute Gasteiger partial charge is 0.379 e. The smallest absolute Gasteiger partial charge is 0.191 e. The molecule has 1 saturated carbocycles. The lowest BCUT2D eigenvalue weighted by atomic mass is 9.83. The highest BCUT2D eigenvalue weighted by Gasteiger charge is 2.18. The van der Waals surface area contributed by atoms with E-state index in [2.05, 4.69) is 51.7 Å². The maximum absolute atomic E-state index is 5.47. The van der Waals surface area contributed by atoms with Gasteiger partial charge in [0.1, 0.15) is 0 Å². The maximum Gasteiger partial charge on any atom is 0.191 e. The summed E-state index contributed by atoms with van der Waals surface area (Å²) in [5, 5.41) is 7.04. The number of benzene rings is 1. The quantitative estimate of drug-likeness (QED) is 0.595. The van der Waals surface area contributed by atoms with Gasteiger partial charge in [0.15, 0.2) is 5.96 Å². The Morgan fingerprint density at radius 3 is 2.48 bits per heavy atom. The summed E-state index contributed by atoms with van der Waals surface area (Å²) in [6.07, 6.45) is 5.42. The van der Waals surface area contributed by atoms with Gasteiger partial charge < -0.3 is 15.4 Å². The van der Waals surface area contributed by atoms with Crippen LogP contribution in [0.1, 0.15) is 43.7 Å². The Morgan fingerprint density at radius 2 is 1.78 bits per heavy atom. The van der Waals surface area contributed by atoms with Crippen LogP contribution in [-0.4, -0.2) is 50.8 Å². The Balaban J connectivity index is 1.47. The van der Waals surface area contributed by atoms with E-state index in [1.54, 1.807) is 0 Å². The molecule has 27 heavy (non-hydrogen) atoms. The van der Waals surface area contributed by atoms with Crippen LogP contribution >= 0.6 is 0 Å². The molecule has 2 fully saturated rings. The zero-order valence-electron chi connectivity index (χ0n) is 17.0. The van der Waals surface area contributed by atoms with Crippen LogP contribution in [0.15, 0.2) is 29.3 Å². The van der Waals surface area contributed by atoms with Crippen molar-refractivity contribution in [2.75, 3.05) is 39.9 Å². The normalized spacial score (nSPS) is 24.6. The Labute approximate surface area is 164 Å². The van der Waals surface area contributed by atoms with Gasteiger partial charge in [-0.15, -0.1) is 0 Å². The second-order valence-corrected chi connectivity index (χ2v) is 8.09. The van der Waals surface area contributed by atoms with Crippen LogP contribution in [0.2, 0.25) is 0 Å². The average Bonchev–Trinajstić information content (AvgIpc) is 2.71. The molecule has 0 radical (unpaired) electrons. The van der Waals surface area contributed by atoms with E-state index in [0.717, 1.165) is 63.7 Å². The number of hydrogen-bond acceptors (Lipinski definition) is 3. The Hall–Kier alpha value is -1.59. The molecule has 1 aliphatic carbocycles. The highest BCUT2D eigenvalue weighted by atomic mass is 16.5. The SMILES string of the molecule is CN=C(NCc1ccccc1CN1CCOCC1)NCC1CCC(C)CC1. The second kappa shape index (κ2) is 10.7. The Kier molecular flexibility index (Phi) is 7.96. The van der Waals surface area contributed by atoms with E-state index < -0.39 is 0 Å². The third-order valence-electron chi connectivity index (χ3n) is 5.98. The number of guanidine groups is 1. The molecule has 0 atom stereocenters. The first kappa shape index (κ1) is 20.2. The summed E-state index contributed by atoms with van der Waals surface area (Å²) in [7, 11) is 1.86. The molecule has 0 amide bonds. The molecule has 5 heteroatoms. The van der Waals surface area contributed by atoms with Gasteiger partial charge in [0.2, 0.25) is 0 Å². The van der Waals surface area contributed by atoms with Gasteiger partial charge in [0.25, 0.3) is 0 Å². The van der Waals surface area contributed by atoms with Crippen LogP contribution in [0.5, 0.6) is 0 Å². The molecule has 1 heterocycles. The summed E-state index contributed by atoms with van der Waals surface area (Å²) in [5.41, 5.74) is 2.74. The number of ether oxygens (including phenoxy) is 1. The van der Waals surface area contributed by atoms with E-state index in [0.29, 0.717) is 0 Å². The summed E-state index contributed by atoms with van der Waals surface area (Å²) in [6, 6.07) is 8.72. The van der Waals surface area contributed by atoms with E-state index in [1.807, 2.05) is 7.05 Å². The lowest BCUT2D eigenvalue weighted by Crippen LogP contribution is -2.40. The third-order valence-corrected chi connectivity index (χ3v) is 5.98. The molecule has 0 aromatic heterocycles. The molecule has 2 aliphatic rings. The fourth-order valence-corrected chi connectivity index (χ4v) is 4.06. The van der Waals surface area contributed by atoms with Crippen molar-refractivity contribution in [2.24, 2.45) is 16.8 Å². The number of aliphatic imine (C=N–C) groups is 1. The van der Waals surface area contributed by atoms with Gasteiger partial charge in [-0.1, -0.05) is 44.0 Å². The fraction of sp³-hybridized carbons (Fsp3) is 0.682. The first-order chi connectivity index (χ1) is 13.2. The number of morpholine rings is 1. The van der Waals surface area contributed by atoms with E-state index in [4.69, 9.17) is 4.74 Å². The highest BCUT2D eigenvalue weighted by molar-refractivity contribution is 5.79. The minimum atomic E-state index is 0.786. The second-order valence-electron chi connectivity index (χ2n) is 8.09. The molecule has 0 spiro atoms. The van der Waals surface area contributed by atoms with Gasteiger partial charge in [0.05, 0.1) is 13.2 Å². The first-order valence-electron chi connectivity index (χ1n) is 10.6. The van der Waals surface area contributed by atoms with Crippen molar-refractivity contribution < 1.29 is 4.74 Å². The van der Waals surface area contributed by atoms with Gasteiger partial charge in [0, 0.05) is 39.8 Å². The fourth-order valence-electron chi connectivity index (χ4n) is 4.06. The number of nitrogens with one attached hydrogen (secondary N) is 2. The van der Waals surface area contributed by atoms with Crippen molar-refractivity contribution in [1.29, 1.82) is 0 Å². The van der Waals surface area contributed by atoms with Crippen molar-refractivity contribution in [3.63, 3.8) is 0 Å². The van der Waals surface area contributed by atoms with Crippen LogP contribution in [0.3, 0.4) is 0 Å². The lowest BCUT2D eigenvalue weighted by Gasteiger charge is -2.28. The topological polar surface area (TPSA) is 48.9 Å². The molecule has 2 N–H and O–H groups in total.